The first kappa shape index (κ1) is 25.5. The van der Waals surface area contributed by atoms with Gasteiger partial charge in [0.15, 0.2) is 0 Å². The van der Waals surface area contributed by atoms with Crippen molar-refractivity contribution in [1.82, 2.24) is 9.29 Å². The van der Waals surface area contributed by atoms with Gasteiger partial charge in [-0.25, -0.2) is 17.5 Å². The van der Waals surface area contributed by atoms with Crippen molar-refractivity contribution < 1.29 is 41.0 Å². The Hall–Kier alpha value is -1.76. The number of nitrogens with zero attached hydrogens (tertiary/aromatic N) is 2. The van der Waals surface area contributed by atoms with Crippen LogP contribution in [-0.4, -0.2) is 73.1 Å². The summed E-state index contributed by atoms with van der Waals surface area (Å²) >= 11 is 0. The number of carboxylic acid groups (broad SMARTS) is 1. The molecular weight excluding hydrogens is 441 g/mol. The van der Waals surface area contributed by atoms with Crippen LogP contribution in [0, 0.1) is 5.41 Å². The molecular formula is C19H27F3N2O6S. The lowest BCUT2D eigenvalue weighted by atomic mass is 9.77. The van der Waals surface area contributed by atoms with E-state index < -0.39 is 22.2 Å². The number of aliphatic carboxylic acids is 1. The number of rotatable bonds is 6. The summed E-state index contributed by atoms with van der Waals surface area (Å²) in [6.45, 7) is 4.80. The fourth-order valence-electron chi connectivity index (χ4n) is 3.56. The molecule has 1 spiro atoms. The van der Waals surface area contributed by atoms with Gasteiger partial charge in [-0.15, -0.1) is 0 Å². The van der Waals surface area contributed by atoms with Crippen LogP contribution in [0.1, 0.15) is 31.7 Å². The molecule has 176 valence electrons. The van der Waals surface area contributed by atoms with E-state index in [0.717, 1.165) is 31.4 Å². The molecule has 0 aliphatic carbocycles. The Kier molecular flexibility index (Phi) is 8.81. The lowest BCUT2D eigenvalue weighted by Crippen LogP contribution is -2.44. The van der Waals surface area contributed by atoms with Crippen LogP contribution >= 0.6 is 0 Å². The van der Waals surface area contributed by atoms with Gasteiger partial charge in [0.1, 0.15) is 0 Å². The van der Waals surface area contributed by atoms with Crippen molar-refractivity contribution in [2.45, 2.75) is 45.1 Å². The minimum atomic E-state index is -5.08. The number of piperidine rings is 1. The van der Waals surface area contributed by atoms with Gasteiger partial charge in [0.2, 0.25) is 10.0 Å². The molecule has 8 nitrogen and oxygen atoms in total. The number of carbonyl (C=O) groups is 1. The highest BCUT2D eigenvalue weighted by Gasteiger charge is 2.44. The van der Waals surface area contributed by atoms with E-state index in [9.17, 15) is 21.6 Å². The van der Waals surface area contributed by atoms with Gasteiger partial charge in [0.05, 0.1) is 31.7 Å². The maximum atomic E-state index is 12.0. The monoisotopic (exact) mass is 468 g/mol. The highest BCUT2D eigenvalue weighted by molar-refractivity contribution is 7.89. The fourth-order valence-corrected chi connectivity index (χ4v) is 4.66. The average Bonchev–Trinajstić information content (AvgIpc) is 3.11. The first-order valence-electron chi connectivity index (χ1n) is 9.84. The summed E-state index contributed by atoms with van der Waals surface area (Å²) in [5.41, 5.74) is 1.24. The molecule has 0 aromatic carbocycles. The van der Waals surface area contributed by atoms with Crippen molar-refractivity contribution in [3.8, 4) is 0 Å². The Labute approximate surface area is 179 Å². The fraction of sp³-hybridized carbons (Fsp3) is 0.684. The molecule has 0 amide bonds. The third kappa shape index (κ3) is 7.70. The number of hydrogen-bond donors (Lipinski definition) is 1. The SMILES string of the molecule is CCS(=O)(=O)N1CCC2(CC1)COC(COCc1ccncc1)C2.O=C(O)C(F)(F)F. The van der Waals surface area contributed by atoms with Crippen molar-refractivity contribution in [2.75, 3.05) is 32.1 Å². The molecule has 2 saturated heterocycles. The summed E-state index contributed by atoms with van der Waals surface area (Å²) in [4.78, 5) is 12.9. The Morgan fingerprint density at radius 1 is 1.32 bits per heavy atom. The van der Waals surface area contributed by atoms with Crippen molar-refractivity contribution in [3.05, 3.63) is 30.1 Å². The molecule has 0 bridgehead atoms. The lowest BCUT2D eigenvalue weighted by molar-refractivity contribution is -0.192. The topological polar surface area (TPSA) is 106 Å². The summed E-state index contributed by atoms with van der Waals surface area (Å²) < 4.78 is 69.0. The van der Waals surface area contributed by atoms with Crippen LogP contribution in [0.2, 0.25) is 0 Å². The largest absolute Gasteiger partial charge is 0.490 e. The number of hydrogen-bond acceptors (Lipinski definition) is 6. The van der Waals surface area contributed by atoms with Crippen molar-refractivity contribution in [3.63, 3.8) is 0 Å². The van der Waals surface area contributed by atoms with E-state index in [1.807, 2.05) is 12.1 Å². The average molecular weight is 468 g/mol. The van der Waals surface area contributed by atoms with Crippen molar-refractivity contribution >= 4 is 16.0 Å². The molecule has 1 aromatic rings. The molecule has 1 N–H and O–H groups in total. The Balaban J connectivity index is 0.000000423. The maximum Gasteiger partial charge on any atom is 0.490 e. The smallest absolute Gasteiger partial charge is 0.475 e. The van der Waals surface area contributed by atoms with Gasteiger partial charge in [0.25, 0.3) is 0 Å². The van der Waals surface area contributed by atoms with Crippen molar-refractivity contribution in [1.29, 1.82) is 0 Å². The molecule has 0 saturated carbocycles. The molecule has 2 aliphatic rings. The summed E-state index contributed by atoms with van der Waals surface area (Å²) in [6.07, 6.45) is 1.28. The molecule has 31 heavy (non-hydrogen) atoms. The summed E-state index contributed by atoms with van der Waals surface area (Å²) in [5.74, 6) is -2.57. The number of pyridine rings is 1. The normalized spacial score (nSPS) is 21.5. The van der Waals surface area contributed by atoms with Crippen LogP contribution in [0.4, 0.5) is 13.2 Å². The highest BCUT2D eigenvalue weighted by atomic mass is 32.2. The third-order valence-electron chi connectivity index (χ3n) is 5.39. The van der Waals surface area contributed by atoms with Crippen LogP contribution < -0.4 is 0 Å². The number of carboxylic acids is 1. The number of aromatic nitrogens is 1. The minimum absolute atomic E-state index is 0.112. The maximum absolute atomic E-state index is 12.0. The van der Waals surface area contributed by atoms with E-state index in [2.05, 4.69) is 4.98 Å². The van der Waals surface area contributed by atoms with Gasteiger partial charge in [-0.3, -0.25) is 4.98 Å². The number of ether oxygens (including phenoxy) is 2. The predicted molar refractivity (Wildman–Crippen MR) is 105 cm³/mol. The quantitative estimate of drug-likeness (QED) is 0.684. The lowest BCUT2D eigenvalue weighted by Gasteiger charge is -2.37. The number of halogens is 3. The van der Waals surface area contributed by atoms with E-state index >= 15 is 0 Å². The van der Waals surface area contributed by atoms with Crippen LogP contribution in [0.5, 0.6) is 0 Å². The molecule has 1 atom stereocenters. The molecule has 0 radical (unpaired) electrons. The number of alkyl halides is 3. The summed E-state index contributed by atoms with van der Waals surface area (Å²) in [7, 11) is -3.06. The molecule has 3 heterocycles. The second kappa shape index (κ2) is 10.7. The first-order valence-corrected chi connectivity index (χ1v) is 11.4. The van der Waals surface area contributed by atoms with E-state index in [1.165, 1.54) is 0 Å². The molecule has 12 heteroatoms. The third-order valence-corrected chi connectivity index (χ3v) is 7.27. The van der Waals surface area contributed by atoms with E-state index in [4.69, 9.17) is 19.4 Å². The number of sulfonamides is 1. The zero-order valence-electron chi connectivity index (χ0n) is 17.2. The van der Waals surface area contributed by atoms with Crippen LogP contribution in [0.3, 0.4) is 0 Å². The first-order chi connectivity index (χ1) is 14.5. The van der Waals surface area contributed by atoms with E-state index in [-0.39, 0.29) is 17.3 Å². The zero-order chi connectivity index (χ0) is 23.1. The Morgan fingerprint density at radius 2 is 1.90 bits per heavy atom. The standard InChI is InChI=1S/C17H26N2O4S.C2HF3O2/c1-2-24(20,21)19-9-5-17(6-10-19)11-16(23-14-17)13-22-12-15-3-7-18-8-4-15;3-2(4,5)1(6)7/h3-4,7-8,16H,2,5-6,9-14H2,1H3;(H,6,7). The Morgan fingerprint density at radius 3 is 2.42 bits per heavy atom. The molecule has 1 unspecified atom stereocenters. The second-order valence-electron chi connectivity index (χ2n) is 7.61. The molecule has 3 rings (SSSR count). The van der Waals surface area contributed by atoms with E-state index in [1.54, 1.807) is 23.6 Å². The molecule has 2 fully saturated rings. The summed E-state index contributed by atoms with van der Waals surface area (Å²) in [6, 6.07) is 3.89. The van der Waals surface area contributed by atoms with Gasteiger partial charge < -0.3 is 14.6 Å². The summed E-state index contributed by atoms with van der Waals surface area (Å²) in [5, 5.41) is 7.12. The molecule has 1 aromatic heterocycles. The van der Waals surface area contributed by atoms with Crippen LogP contribution in [0.15, 0.2) is 24.5 Å². The van der Waals surface area contributed by atoms with Gasteiger partial charge in [-0.05, 0) is 49.3 Å². The highest BCUT2D eigenvalue weighted by Crippen LogP contribution is 2.42. The van der Waals surface area contributed by atoms with Crippen molar-refractivity contribution in [2.24, 2.45) is 5.41 Å². The second-order valence-corrected chi connectivity index (χ2v) is 9.87. The van der Waals surface area contributed by atoms with Gasteiger partial charge >= 0.3 is 12.1 Å². The zero-order valence-corrected chi connectivity index (χ0v) is 18.0. The van der Waals surface area contributed by atoms with Crippen LogP contribution in [-0.2, 0) is 30.9 Å². The van der Waals surface area contributed by atoms with Crippen LogP contribution in [0.25, 0.3) is 0 Å². The van der Waals surface area contributed by atoms with E-state index in [0.29, 0.717) is 26.3 Å². The van der Waals surface area contributed by atoms with Gasteiger partial charge in [-0.1, -0.05) is 0 Å². The van der Waals surface area contributed by atoms with Gasteiger partial charge in [0, 0.05) is 25.5 Å². The minimum Gasteiger partial charge on any atom is -0.475 e. The predicted octanol–water partition coefficient (Wildman–Crippen LogP) is 2.45. The molecule has 2 aliphatic heterocycles. The van der Waals surface area contributed by atoms with Gasteiger partial charge in [-0.2, -0.15) is 13.2 Å². The Bertz CT molecular complexity index is 812.